The van der Waals surface area contributed by atoms with E-state index in [0.29, 0.717) is 6.54 Å². The quantitative estimate of drug-likeness (QED) is 0.770. The van der Waals surface area contributed by atoms with Gasteiger partial charge in [0.15, 0.2) is 0 Å². The van der Waals surface area contributed by atoms with Crippen LogP contribution in [0.1, 0.15) is 11.3 Å². The molecule has 0 aliphatic heterocycles. The van der Waals surface area contributed by atoms with Crippen LogP contribution in [0, 0.1) is 0 Å². The standard InChI is InChI=1S/C9H10N4O/c1-2-13-14-9(1)6-10-3-8-4-11-7-12-5-8/h1-2,4-5,7,10H,3,6H2. The van der Waals surface area contributed by atoms with Gasteiger partial charge in [-0.3, -0.25) is 0 Å². The van der Waals surface area contributed by atoms with Crippen molar-refractivity contribution in [1.82, 2.24) is 20.4 Å². The van der Waals surface area contributed by atoms with Gasteiger partial charge in [-0.1, -0.05) is 5.16 Å². The summed E-state index contributed by atoms with van der Waals surface area (Å²) in [4.78, 5) is 7.83. The lowest BCUT2D eigenvalue weighted by atomic mass is 10.3. The molecule has 0 aromatic carbocycles. The summed E-state index contributed by atoms with van der Waals surface area (Å²) in [5, 5.41) is 6.80. The van der Waals surface area contributed by atoms with Crippen molar-refractivity contribution in [2.24, 2.45) is 0 Å². The van der Waals surface area contributed by atoms with E-state index in [0.717, 1.165) is 17.9 Å². The number of nitrogens with zero attached hydrogens (tertiary/aromatic N) is 3. The van der Waals surface area contributed by atoms with Gasteiger partial charge in [-0.2, -0.15) is 0 Å². The van der Waals surface area contributed by atoms with Gasteiger partial charge in [-0.25, -0.2) is 9.97 Å². The smallest absolute Gasteiger partial charge is 0.150 e. The largest absolute Gasteiger partial charge is 0.360 e. The molecule has 14 heavy (non-hydrogen) atoms. The highest BCUT2D eigenvalue weighted by atomic mass is 16.5. The average Bonchev–Trinajstić information content (AvgIpc) is 2.72. The Kier molecular flexibility index (Phi) is 2.82. The molecule has 0 saturated carbocycles. The maximum Gasteiger partial charge on any atom is 0.150 e. The van der Waals surface area contributed by atoms with Crippen molar-refractivity contribution in [3.8, 4) is 0 Å². The van der Waals surface area contributed by atoms with Crippen LogP contribution in [0.2, 0.25) is 0 Å². The summed E-state index contributed by atoms with van der Waals surface area (Å²) in [7, 11) is 0. The van der Waals surface area contributed by atoms with Crippen molar-refractivity contribution in [3.63, 3.8) is 0 Å². The van der Waals surface area contributed by atoms with E-state index >= 15 is 0 Å². The third kappa shape index (κ3) is 2.37. The normalized spacial score (nSPS) is 10.3. The van der Waals surface area contributed by atoms with Gasteiger partial charge < -0.3 is 9.84 Å². The summed E-state index contributed by atoms with van der Waals surface area (Å²) >= 11 is 0. The van der Waals surface area contributed by atoms with Crippen LogP contribution < -0.4 is 5.32 Å². The molecule has 5 heteroatoms. The second-order valence-corrected chi connectivity index (χ2v) is 2.83. The van der Waals surface area contributed by atoms with Gasteiger partial charge in [-0.05, 0) is 0 Å². The van der Waals surface area contributed by atoms with Crippen LogP contribution in [0.4, 0.5) is 0 Å². The van der Waals surface area contributed by atoms with Gasteiger partial charge in [0.2, 0.25) is 0 Å². The topological polar surface area (TPSA) is 63.8 Å². The molecule has 2 heterocycles. The van der Waals surface area contributed by atoms with Gasteiger partial charge in [0, 0.05) is 30.6 Å². The van der Waals surface area contributed by atoms with Crippen molar-refractivity contribution < 1.29 is 4.52 Å². The minimum atomic E-state index is 0.662. The third-order valence-corrected chi connectivity index (χ3v) is 1.73. The molecule has 0 spiro atoms. The first-order valence-electron chi connectivity index (χ1n) is 4.29. The first-order chi connectivity index (χ1) is 6.95. The van der Waals surface area contributed by atoms with Crippen molar-refractivity contribution in [2.75, 3.05) is 0 Å². The highest BCUT2D eigenvalue weighted by molar-refractivity contribution is 5.02. The molecule has 5 nitrogen and oxygen atoms in total. The number of hydrogen-bond acceptors (Lipinski definition) is 5. The van der Waals surface area contributed by atoms with E-state index in [-0.39, 0.29) is 0 Å². The summed E-state index contributed by atoms with van der Waals surface area (Å²) in [6.07, 6.45) is 6.70. The van der Waals surface area contributed by atoms with Crippen LogP contribution in [0.15, 0.2) is 35.5 Å². The Hall–Kier alpha value is -1.75. The van der Waals surface area contributed by atoms with Crippen molar-refractivity contribution >= 4 is 0 Å². The fourth-order valence-corrected chi connectivity index (χ4v) is 1.08. The molecule has 0 bridgehead atoms. The molecule has 0 fully saturated rings. The zero-order valence-corrected chi connectivity index (χ0v) is 7.55. The molecule has 1 N–H and O–H groups in total. The van der Waals surface area contributed by atoms with Crippen molar-refractivity contribution in [1.29, 1.82) is 0 Å². The maximum atomic E-state index is 4.93. The minimum Gasteiger partial charge on any atom is -0.360 e. The Labute approximate surface area is 81.2 Å². The molecule has 2 rings (SSSR count). The van der Waals surface area contributed by atoms with Gasteiger partial charge >= 0.3 is 0 Å². The number of hydrogen-bond donors (Lipinski definition) is 1. The lowest BCUT2D eigenvalue weighted by molar-refractivity contribution is 0.372. The van der Waals surface area contributed by atoms with E-state index in [4.69, 9.17) is 4.52 Å². The fourth-order valence-electron chi connectivity index (χ4n) is 1.08. The first-order valence-corrected chi connectivity index (χ1v) is 4.29. The highest BCUT2D eigenvalue weighted by Gasteiger charge is 1.96. The van der Waals surface area contributed by atoms with Gasteiger partial charge in [0.25, 0.3) is 0 Å². The van der Waals surface area contributed by atoms with Crippen molar-refractivity contribution in [3.05, 3.63) is 42.3 Å². The average molecular weight is 190 g/mol. The molecule has 0 saturated heterocycles. The SMILES string of the molecule is c1ncc(CNCc2ccno2)cn1. The van der Waals surface area contributed by atoms with E-state index in [1.165, 1.54) is 6.33 Å². The molecule has 72 valence electrons. The highest BCUT2D eigenvalue weighted by Crippen LogP contribution is 1.97. The molecule has 0 amide bonds. The van der Waals surface area contributed by atoms with E-state index < -0.39 is 0 Å². The van der Waals surface area contributed by atoms with Crippen LogP contribution in [-0.4, -0.2) is 15.1 Å². The van der Waals surface area contributed by atoms with Crippen LogP contribution in [0.25, 0.3) is 0 Å². The van der Waals surface area contributed by atoms with Crippen LogP contribution in [0.5, 0.6) is 0 Å². The lowest BCUT2D eigenvalue weighted by Gasteiger charge is -2.00. The van der Waals surface area contributed by atoms with Gasteiger partial charge in [0.05, 0.1) is 12.7 Å². The fraction of sp³-hybridized carbons (Fsp3) is 0.222. The zero-order valence-electron chi connectivity index (χ0n) is 7.55. The third-order valence-electron chi connectivity index (χ3n) is 1.73. The zero-order chi connectivity index (χ0) is 9.64. The predicted octanol–water partition coefficient (Wildman–Crippen LogP) is 0.754. The molecule has 0 atom stereocenters. The van der Waals surface area contributed by atoms with E-state index in [9.17, 15) is 0 Å². The number of rotatable bonds is 4. The molecule has 2 aromatic heterocycles. The van der Waals surface area contributed by atoms with E-state index in [1.807, 2.05) is 6.07 Å². The Morgan fingerprint density at radius 3 is 2.79 bits per heavy atom. The summed E-state index contributed by atoms with van der Waals surface area (Å²) in [6.45, 7) is 1.39. The first kappa shape index (κ1) is 8.83. The Morgan fingerprint density at radius 1 is 1.21 bits per heavy atom. The summed E-state index contributed by atoms with van der Waals surface area (Å²) in [6, 6.07) is 1.83. The summed E-state index contributed by atoms with van der Waals surface area (Å²) < 4.78 is 4.93. The second kappa shape index (κ2) is 4.48. The van der Waals surface area contributed by atoms with Gasteiger partial charge in [0.1, 0.15) is 12.1 Å². The van der Waals surface area contributed by atoms with E-state index in [2.05, 4.69) is 20.4 Å². The maximum absolute atomic E-state index is 4.93. The van der Waals surface area contributed by atoms with Crippen molar-refractivity contribution in [2.45, 2.75) is 13.1 Å². The van der Waals surface area contributed by atoms with Gasteiger partial charge in [-0.15, -0.1) is 0 Å². The molecule has 0 unspecified atom stereocenters. The monoisotopic (exact) mass is 190 g/mol. The minimum absolute atomic E-state index is 0.662. The lowest BCUT2D eigenvalue weighted by Crippen LogP contribution is -2.12. The van der Waals surface area contributed by atoms with Crippen LogP contribution >= 0.6 is 0 Å². The molecule has 0 aliphatic carbocycles. The van der Waals surface area contributed by atoms with Crippen LogP contribution in [0.3, 0.4) is 0 Å². The van der Waals surface area contributed by atoms with Crippen LogP contribution in [-0.2, 0) is 13.1 Å². The summed E-state index contributed by atoms with van der Waals surface area (Å²) in [5.41, 5.74) is 1.05. The molecule has 0 radical (unpaired) electrons. The molecular formula is C9H10N4O. The molecule has 2 aromatic rings. The molecule has 0 aliphatic rings. The summed E-state index contributed by atoms with van der Waals surface area (Å²) in [5.74, 6) is 0.821. The Morgan fingerprint density at radius 2 is 2.07 bits per heavy atom. The number of nitrogens with one attached hydrogen (secondary N) is 1. The Bertz CT molecular complexity index is 360. The second-order valence-electron chi connectivity index (χ2n) is 2.83. The number of aromatic nitrogens is 3. The molecular weight excluding hydrogens is 180 g/mol. The Balaban J connectivity index is 1.79. The predicted molar refractivity (Wildman–Crippen MR) is 49.1 cm³/mol. The van der Waals surface area contributed by atoms with E-state index in [1.54, 1.807) is 18.6 Å².